The van der Waals surface area contributed by atoms with Crippen LogP contribution in [0.25, 0.3) is 11.3 Å². The van der Waals surface area contributed by atoms with Crippen molar-refractivity contribution in [3.05, 3.63) is 28.1 Å². The summed E-state index contributed by atoms with van der Waals surface area (Å²) in [6, 6.07) is 2.50. The van der Waals surface area contributed by atoms with Crippen LogP contribution < -0.4 is 9.47 Å². The van der Waals surface area contributed by atoms with Crippen LogP contribution >= 0.6 is 15.9 Å². The highest BCUT2D eigenvalue weighted by Gasteiger charge is 2.26. The van der Waals surface area contributed by atoms with Gasteiger partial charge < -0.3 is 19.1 Å². The fourth-order valence-corrected chi connectivity index (χ4v) is 2.19. The number of hydrogen-bond acceptors (Lipinski definition) is 5. The van der Waals surface area contributed by atoms with Crippen molar-refractivity contribution in [2.45, 2.75) is 0 Å². The van der Waals surface area contributed by atoms with Crippen molar-refractivity contribution in [3.8, 4) is 22.8 Å². The van der Waals surface area contributed by atoms with E-state index < -0.39 is 11.8 Å². The van der Waals surface area contributed by atoms with E-state index in [0.29, 0.717) is 5.75 Å². The molecular weight excluding hydrogens is 325 g/mol. The van der Waals surface area contributed by atoms with E-state index in [9.17, 15) is 9.18 Å². The average Bonchev–Trinajstić information content (AvgIpc) is 3.01. The van der Waals surface area contributed by atoms with E-state index >= 15 is 0 Å². The molecule has 6 nitrogen and oxygen atoms in total. The van der Waals surface area contributed by atoms with Crippen molar-refractivity contribution in [1.29, 1.82) is 0 Å². The molecule has 0 radical (unpaired) electrons. The Kier molecular flexibility index (Phi) is 2.67. The summed E-state index contributed by atoms with van der Waals surface area (Å²) in [6.07, 6.45) is 0. The standard InChI is InChI=1S/C11H5BrFNO5/c12-8-9(13)4(1-7-10(8)18-3-17-7)6-2-5(11(15)16)14-19-6/h1-2H,3H2,(H,15,16). The van der Waals surface area contributed by atoms with Gasteiger partial charge >= 0.3 is 5.97 Å². The number of carbonyl (C=O) groups is 1. The molecule has 0 saturated heterocycles. The van der Waals surface area contributed by atoms with Gasteiger partial charge in [0, 0.05) is 6.07 Å². The topological polar surface area (TPSA) is 81.8 Å². The number of carboxylic acids is 1. The lowest BCUT2D eigenvalue weighted by Crippen LogP contribution is -1.94. The third kappa shape index (κ3) is 1.84. The Labute approximate surface area is 113 Å². The Hall–Kier alpha value is -2.09. The number of halogens is 2. The van der Waals surface area contributed by atoms with E-state index in [1.165, 1.54) is 6.07 Å². The fourth-order valence-electron chi connectivity index (χ4n) is 1.66. The van der Waals surface area contributed by atoms with E-state index in [4.69, 9.17) is 19.1 Å². The van der Waals surface area contributed by atoms with E-state index in [1.54, 1.807) is 0 Å². The van der Waals surface area contributed by atoms with E-state index in [0.717, 1.165) is 6.07 Å². The molecule has 0 bridgehead atoms. The number of hydrogen-bond donors (Lipinski definition) is 1. The molecule has 0 spiro atoms. The van der Waals surface area contributed by atoms with Crippen LogP contribution in [0.4, 0.5) is 4.39 Å². The number of benzene rings is 1. The highest BCUT2D eigenvalue weighted by atomic mass is 79.9. The molecule has 2 heterocycles. The summed E-state index contributed by atoms with van der Waals surface area (Å²) in [5.41, 5.74) is -0.265. The number of rotatable bonds is 2. The summed E-state index contributed by atoms with van der Waals surface area (Å²) in [4.78, 5) is 10.7. The molecule has 3 rings (SSSR count). The molecule has 19 heavy (non-hydrogen) atoms. The van der Waals surface area contributed by atoms with Crippen LogP contribution in [0.1, 0.15) is 10.5 Å². The van der Waals surface area contributed by atoms with Crippen LogP contribution in [-0.4, -0.2) is 23.0 Å². The number of aromatic carboxylic acids is 1. The molecule has 0 fully saturated rings. The van der Waals surface area contributed by atoms with Crippen molar-refractivity contribution in [1.82, 2.24) is 5.16 Å². The Bertz CT molecular complexity index is 684. The molecule has 8 heteroatoms. The zero-order valence-corrected chi connectivity index (χ0v) is 10.7. The van der Waals surface area contributed by atoms with Gasteiger partial charge in [-0.2, -0.15) is 0 Å². The first kappa shape index (κ1) is 12.0. The second-order valence-corrected chi connectivity index (χ2v) is 4.46. The lowest BCUT2D eigenvalue weighted by molar-refractivity contribution is 0.0686. The molecule has 1 aromatic carbocycles. The van der Waals surface area contributed by atoms with Crippen molar-refractivity contribution >= 4 is 21.9 Å². The largest absolute Gasteiger partial charge is 0.476 e. The molecule has 0 unspecified atom stereocenters. The molecule has 1 aliphatic rings. The van der Waals surface area contributed by atoms with Gasteiger partial charge in [-0.05, 0) is 22.0 Å². The minimum atomic E-state index is -1.25. The number of nitrogens with zero attached hydrogens (tertiary/aromatic N) is 1. The van der Waals surface area contributed by atoms with Crippen molar-refractivity contribution in [2.24, 2.45) is 0 Å². The van der Waals surface area contributed by atoms with Crippen LogP contribution in [0.2, 0.25) is 0 Å². The van der Waals surface area contributed by atoms with E-state index in [2.05, 4.69) is 21.1 Å². The first-order chi connectivity index (χ1) is 9.08. The summed E-state index contributed by atoms with van der Waals surface area (Å²) in [7, 11) is 0. The number of carboxylic acid groups (broad SMARTS) is 1. The maximum absolute atomic E-state index is 14.1. The minimum absolute atomic E-state index is 0.00565. The van der Waals surface area contributed by atoms with Crippen molar-refractivity contribution in [2.75, 3.05) is 6.79 Å². The van der Waals surface area contributed by atoms with Crippen molar-refractivity contribution in [3.63, 3.8) is 0 Å². The van der Waals surface area contributed by atoms with Crippen LogP contribution in [0.3, 0.4) is 0 Å². The van der Waals surface area contributed by atoms with Crippen molar-refractivity contribution < 1.29 is 28.3 Å². The van der Waals surface area contributed by atoms with Gasteiger partial charge in [0.2, 0.25) is 6.79 Å². The van der Waals surface area contributed by atoms with Crippen LogP contribution in [0, 0.1) is 5.82 Å². The maximum atomic E-state index is 14.1. The first-order valence-electron chi connectivity index (χ1n) is 5.06. The van der Waals surface area contributed by atoms with Crippen LogP contribution in [-0.2, 0) is 0 Å². The van der Waals surface area contributed by atoms with Gasteiger partial charge in [-0.15, -0.1) is 0 Å². The average molecular weight is 330 g/mol. The molecule has 1 aliphatic heterocycles. The number of ether oxygens (including phenoxy) is 2. The monoisotopic (exact) mass is 329 g/mol. The highest BCUT2D eigenvalue weighted by Crippen LogP contribution is 2.44. The van der Waals surface area contributed by atoms with E-state index in [1.807, 2.05) is 0 Å². The summed E-state index contributed by atoms with van der Waals surface area (Å²) in [5.74, 6) is -1.29. The molecule has 0 amide bonds. The number of fused-ring (bicyclic) bond motifs is 1. The molecule has 1 aromatic heterocycles. The van der Waals surface area contributed by atoms with Gasteiger partial charge in [-0.1, -0.05) is 5.16 Å². The molecule has 1 N–H and O–H groups in total. The van der Waals surface area contributed by atoms with Crippen LogP contribution in [0.5, 0.6) is 11.5 Å². The Balaban J connectivity index is 2.14. The molecule has 0 atom stereocenters. The molecule has 0 saturated carbocycles. The fraction of sp³-hybridized carbons (Fsp3) is 0.0909. The predicted octanol–water partition coefficient (Wildman–Crippen LogP) is 2.67. The Morgan fingerprint density at radius 2 is 2.21 bits per heavy atom. The number of aromatic nitrogens is 1. The van der Waals surface area contributed by atoms with Gasteiger partial charge in [0.25, 0.3) is 0 Å². The molecule has 2 aromatic rings. The lowest BCUT2D eigenvalue weighted by Gasteiger charge is -2.04. The Morgan fingerprint density at radius 1 is 1.42 bits per heavy atom. The zero-order valence-electron chi connectivity index (χ0n) is 9.15. The molecule has 0 aliphatic carbocycles. The smallest absolute Gasteiger partial charge is 0.358 e. The van der Waals surface area contributed by atoms with Crippen LogP contribution in [0.15, 0.2) is 21.1 Å². The van der Waals surface area contributed by atoms with Gasteiger partial charge in [0.05, 0.1) is 5.56 Å². The summed E-state index contributed by atoms with van der Waals surface area (Å²) >= 11 is 3.06. The summed E-state index contributed by atoms with van der Waals surface area (Å²) in [5, 5.41) is 12.1. The minimum Gasteiger partial charge on any atom is -0.476 e. The van der Waals surface area contributed by atoms with E-state index in [-0.39, 0.29) is 34.0 Å². The lowest BCUT2D eigenvalue weighted by atomic mass is 10.1. The molecular formula is C11H5BrFNO5. The van der Waals surface area contributed by atoms with Gasteiger partial charge in [0.15, 0.2) is 28.8 Å². The summed E-state index contributed by atoms with van der Waals surface area (Å²) in [6.45, 7) is -0.00634. The van der Waals surface area contributed by atoms with Gasteiger partial charge in [0.1, 0.15) is 4.47 Å². The Morgan fingerprint density at radius 3 is 2.89 bits per heavy atom. The highest BCUT2D eigenvalue weighted by molar-refractivity contribution is 9.10. The maximum Gasteiger partial charge on any atom is 0.358 e. The molecule has 98 valence electrons. The summed E-state index contributed by atoms with van der Waals surface area (Å²) < 4.78 is 29.3. The first-order valence-corrected chi connectivity index (χ1v) is 5.85. The van der Waals surface area contributed by atoms with Gasteiger partial charge in [-0.25, -0.2) is 9.18 Å². The third-order valence-corrected chi connectivity index (χ3v) is 3.25. The zero-order chi connectivity index (χ0) is 13.6. The SMILES string of the molecule is O=C(O)c1cc(-c2cc3c(c(Br)c2F)OCO3)on1. The quantitative estimate of drug-likeness (QED) is 0.912. The second-order valence-electron chi connectivity index (χ2n) is 3.67. The third-order valence-electron chi connectivity index (χ3n) is 2.54. The second kappa shape index (κ2) is 4.23. The predicted molar refractivity (Wildman–Crippen MR) is 62.7 cm³/mol. The normalized spacial score (nSPS) is 12.7. The van der Waals surface area contributed by atoms with Gasteiger partial charge in [-0.3, -0.25) is 0 Å².